The number of benzene rings is 1. The SMILES string of the molecule is Cc1cccc(OB([O-])[O-])c1.[Na+].[Na+]. The Hall–Kier alpha value is 1.00. The van der Waals surface area contributed by atoms with E-state index in [-0.39, 0.29) is 59.1 Å². The fourth-order valence-electron chi connectivity index (χ4n) is 0.800. The maximum atomic E-state index is 10.0. The molecule has 6 heteroatoms. The van der Waals surface area contributed by atoms with Gasteiger partial charge in [0.1, 0.15) is 7.32 Å². The minimum Gasteiger partial charge on any atom is -0.860 e. The summed E-state index contributed by atoms with van der Waals surface area (Å²) in [7, 11) is -2.24. The topological polar surface area (TPSA) is 55.3 Å². The van der Waals surface area contributed by atoms with E-state index >= 15 is 0 Å². The maximum absolute atomic E-state index is 10.0. The molecule has 0 unspecified atom stereocenters. The molecule has 0 heterocycles. The van der Waals surface area contributed by atoms with Gasteiger partial charge in [-0.2, -0.15) is 0 Å². The molecular formula is C7H7BNa2O3. The molecular weight excluding hydrogens is 189 g/mol. The molecule has 0 aliphatic heterocycles. The van der Waals surface area contributed by atoms with Gasteiger partial charge in [-0.1, -0.05) is 12.1 Å². The standard InChI is InChI=1S/C7H7BO3.2Na/c1-6-3-2-4-7(5-6)11-8(9)10;;/h2-5H,1H3;;/q-2;2*+1. The Bertz CT molecular complexity index is 245. The Morgan fingerprint density at radius 3 is 2.31 bits per heavy atom. The Balaban J connectivity index is 0. The normalized spacial score (nSPS) is 7.92. The van der Waals surface area contributed by atoms with Crippen LogP contribution in [0.2, 0.25) is 0 Å². The molecule has 0 aliphatic carbocycles. The van der Waals surface area contributed by atoms with Gasteiger partial charge in [-0.25, -0.2) is 0 Å². The maximum Gasteiger partial charge on any atom is 1.00 e. The number of hydrogen-bond acceptors (Lipinski definition) is 3. The van der Waals surface area contributed by atoms with Crippen LogP contribution in [0, 0.1) is 6.92 Å². The molecule has 0 spiro atoms. The molecule has 0 amide bonds. The van der Waals surface area contributed by atoms with Crippen LogP contribution in [0.4, 0.5) is 0 Å². The molecule has 1 aromatic rings. The third-order valence-electron chi connectivity index (χ3n) is 1.22. The third kappa shape index (κ3) is 7.00. The quantitative estimate of drug-likeness (QED) is 0.441. The number of rotatable bonds is 2. The minimum absolute atomic E-state index is 0. The van der Waals surface area contributed by atoms with Crippen LogP contribution < -0.4 is 73.8 Å². The van der Waals surface area contributed by atoms with Crippen molar-refractivity contribution in [3.63, 3.8) is 0 Å². The van der Waals surface area contributed by atoms with Gasteiger partial charge in [-0.15, -0.1) is 0 Å². The Morgan fingerprint density at radius 2 is 1.85 bits per heavy atom. The smallest absolute Gasteiger partial charge is 0.860 e. The Labute approximate surface area is 122 Å². The molecule has 58 valence electrons. The average molecular weight is 196 g/mol. The molecule has 0 bridgehead atoms. The van der Waals surface area contributed by atoms with Gasteiger partial charge >= 0.3 is 59.1 Å². The van der Waals surface area contributed by atoms with Gasteiger partial charge in [0.05, 0.1) is 5.75 Å². The molecule has 0 radical (unpaired) electrons. The molecule has 0 aliphatic rings. The van der Waals surface area contributed by atoms with Crippen LogP contribution in [0.3, 0.4) is 0 Å². The molecule has 1 rings (SSSR count). The van der Waals surface area contributed by atoms with E-state index < -0.39 is 7.32 Å². The first kappa shape index (κ1) is 16.4. The summed E-state index contributed by atoms with van der Waals surface area (Å²) in [4.78, 5) is 0. The van der Waals surface area contributed by atoms with E-state index in [4.69, 9.17) is 0 Å². The number of aryl methyl sites for hydroxylation is 1. The summed E-state index contributed by atoms with van der Waals surface area (Å²) in [5.41, 5.74) is 0.961. The molecule has 1 aromatic carbocycles. The Kier molecular flexibility index (Phi) is 10.5. The zero-order chi connectivity index (χ0) is 8.27. The monoisotopic (exact) mass is 196 g/mol. The van der Waals surface area contributed by atoms with Crippen molar-refractivity contribution in [3.8, 4) is 5.75 Å². The van der Waals surface area contributed by atoms with Gasteiger partial charge in [0.25, 0.3) is 0 Å². The third-order valence-corrected chi connectivity index (χ3v) is 1.22. The van der Waals surface area contributed by atoms with Crippen molar-refractivity contribution in [2.45, 2.75) is 6.92 Å². The van der Waals surface area contributed by atoms with Crippen molar-refractivity contribution in [1.29, 1.82) is 0 Å². The van der Waals surface area contributed by atoms with E-state index in [0.717, 1.165) is 5.56 Å². The summed E-state index contributed by atoms with van der Waals surface area (Å²) in [5.74, 6) is 0.333. The molecule has 0 saturated carbocycles. The molecule has 0 fully saturated rings. The van der Waals surface area contributed by atoms with Crippen molar-refractivity contribution in [3.05, 3.63) is 29.8 Å². The van der Waals surface area contributed by atoms with Crippen LogP contribution >= 0.6 is 0 Å². The summed E-state index contributed by atoms with van der Waals surface area (Å²) in [6.07, 6.45) is 0. The summed E-state index contributed by atoms with van der Waals surface area (Å²) in [6, 6.07) is 6.81. The van der Waals surface area contributed by atoms with E-state index in [2.05, 4.69) is 4.65 Å². The summed E-state index contributed by atoms with van der Waals surface area (Å²) < 4.78 is 4.38. The van der Waals surface area contributed by atoms with E-state index in [9.17, 15) is 10.0 Å². The van der Waals surface area contributed by atoms with Crippen molar-refractivity contribution in [2.24, 2.45) is 0 Å². The second kappa shape index (κ2) is 8.32. The summed E-state index contributed by atoms with van der Waals surface area (Å²) >= 11 is 0. The Morgan fingerprint density at radius 1 is 1.23 bits per heavy atom. The minimum atomic E-state index is -2.24. The first-order chi connectivity index (χ1) is 5.18. The van der Waals surface area contributed by atoms with E-state index in [1.165, 1.54) is 0 Å². The van der Waals surface area contributed by atoms with Crippen LogP contribution in [-0.4, -0.2) is 7.32 Å². The van der Waals surface area contributed by atoms with Crippen molar-refractivity contribution < 1.29 is 73.8 Å². The first-order valence-electron chi connectivity index (χ1n) is 3.23. The largest absolute Gasteiger partial charge is 1.00 e. The average Bonchev–Trinajstić information content (AvgIpc) is 1.85. The van der Waals surface area contributed by atoms with Crippen LogP contribution in [0.5, 0.6) is 5.75 Å². The van der Waals surface area contributed by atoms with Crippen LogP contribution in [0.15, 0.2) is 24.3 Å². The molecule has 0 atom stereocenters. The summed E-state index contributed by atoms with van der Waals surface area (Å²) in [6.45, 7) is 1.86. The first-order valence-corrected chi connectivity index (χ1v) is 3.23. The molecule has 0 N–H and O–H groups in total. The van der Waals surface area contributed by atoms with Crippen LogP contribution in [0.1, 0.15) is 5.56 Å². The molecule has 0 saturated heterocycles. The summed E-state index contributed by atoms with van der Waals surface area (Å²) in [5, 5.41) is 20.1. The van der Waals surface area contributed by atoms with Crippen molar-refractivity contribution in [1.82, 2.24) is 0 Å². The van der Waals surface area contributed by atoms with Crippen LogP contribution in [-0.2, 0) is 0 Å². The van der Waals surface area contributed by atoms with E-state index in [1.54, 1.807) is 18.2 Å². The fraction of sp³-hybridized carbons (Fsp3) is 0.143. The molecule has 3 nitrogen and oxygen atoms in total. The van der Waals surface area contributed by atoms with E-state index in [0.29, 0.717) is 5.75 Å². The number of hydrogen-bond donors (Lipinski definition) is 0. The predicted octanol–water partition coefficient (Wildman–Crippen LogP) is -6.91. The second-order valence-electron chi connectivity index (χ2n) is 2.22. The van der Waals surface area contributed by atoms with E-state index in [1.807, 2.05) is 13.0 Å². The fourth-order valence-corrected chi connectivity index (χ4v) is 0.800. The van der Waals surface area contributed by atoms with Crippen molar-refractivity contribution >= 4 is 7.32 Å². The van der Waals surface area contributed by atoms with Gasteiger partial charge in [-0.05, 0) is 24.6 Å². The van der Waals surface area contributed by atoms with Gasteiger partial charge in [0.2, 0.25) is 0 Å². The zero-order valence-electron chi connectivity index (χ0n) is 8.11. The zero-order valence-corrected chi connectivity index (χ0v) is 12.1. The van der Waals surface area contributed by atoms with Gasteiger partial charge in [0.15, 0.2) is 0 Å². The van der Waals surface area contributed by atoms with Gasteiger partial charge in [0, 0.05) is 0 Å². The van der Waals surface area contributed by atoms with Crippen molar-refractivity contribution in [2.75, 3.05) is 0 Å². The van der Waals surface area contributed by atoms with Gasteiger partial charge in [-0.3, -0.25) is 0 Å². The van der Waals surface area contributed by atoms with Gasteiger partial charge < -0.3 is 14.7 Å². The molecule has 13 heavy (non-hydrogen) atoms. The molecule has 0 aromatic heterocycles. The predicted molar refractivity (Wildman–Crippen MR) is 37.6 cm³/mol. The second-order valence-corrected chi connectivity index (χ2v) is 2.22. The van der Waals surface area contributed by atoms with Crippen LogP contribution in [0.25, 0.3) is 0 Å².